The standard InChI is InChI=1S/C19H22ClF2N3O3S.HI/c1-2-23-19(24-10-11-29(26,27)16-6-4-3-5-7-16)25-13-14-12-15(20)8-9-17(14)28-18(21)22;/h3-9,12,18H,2,10-11,13H2,1H3,(H2,23,24,25);1H. The highest BCUT2D eigenvalue weighted by Crippen LogP contribution is 2.25. The van der Waals surface area contributed by atoms with Crippen molar-refractivity contribution in [1.82, 2.24) is 10.6 Å². The number of sulfone groups is 1. The molecule has 0 aliphatic carbocycles. The lowest BCUT2D eigenvalue weighted by Gasteiger charge is -2.13. The molecule has 0 saturated carbocycles. The first-order chi connectivity index (χ1) is 13.8. The lowest BCUT2D eigenvalue weighted by atomic mass is 10.2. The predicted molar refractivity (Wildman–Crippen MR) is 125 cm³/mol. The molecule has 0 aliphatic rings. The molecule has 11 heteroatoms. The number of ether oxygens (including phenoxy) is 1. The molecule has 2 aromatic rings. The number of alkyl halides is 2. The van der Waals surface area contributed by atoms with Crippen LogP contribution in [0.4, 0.5) is 8.78 Å². The number of hydrogen-bond donors (Lipinski definition) is 2. The van der Waals surface area contributed by atoms with Gasteiger partial charge in [-0.05, 0) is 37.3 Å². The number of rotatable bonds is 9. The third kappa shape index (κ3) is 8.60. The molecular formula is C19H23ClF2IN3O3S. The van der Waals surface area contributed by atoms with Crippen LogP contribution in [-0.4, -0.2) is 39.8 Å². The number of guanidine groups is 1. The average molecular weight is 574 g/mol. The second-order valence-corrected chi connectivity index (χ2v) is 8.43. The van der Waals surface area contributed by atoms with Gasteiger partial charge in [-0.25, -0.2) is 13.4 Å². The predicted octanol–water partition coefficient (Wildman–Crippen LogP) is 4.09. The zero-order chi connectivity index (χ0) is 21.3. The van der Waals surface area contributed by atoms with Crippen LogP contribution in [0.3, 0.4) is 0 Å². The van der Waals surface area contributed by atoms with Crippen molar-refractivity contribution < 1.29 is 21.9 Å². The topological polar surface area (TPSA) is 79.8 Å². The number of benzene rings is 2. The minimum atomic E-state index is -3.43. The van der Waals surface area contributed by atoms with Gasteiger partial charge in [0.05, 0.1) is 17.2 Å². The molecule has 6 nitrogen and oxygen atoms in total. The lowest BCUT2D eigenvalue weighted by Crippen LogP contribution is -2.39. The fourth-order valence-corrected chi connectivity index (χ4v) is 3.81. The Hall–Kier alpha value is -1.66. The first-order valence-electron chi connectivity index (χ1n) is 8.85. The maximum Gasteiger partial charge on any atom is 0.387 e. The monoisotopic (exact) mass is 573 g/mol. The summed E-state index contributed by atoms with van der Waals surface area (Å²) in [4.78, 5) is 4.55. The molecule has 0 unspecified atom stereocenters. The van der Waals surface area contributed by atoms with Gasteiger partial charge in [-0.3, -0.25) is 0 Å². The second kappa shape index (κ2) is 12.9. The Morgan fingerprint density at radius 2 is 1.87 bits per heavy atom. The summed E-state index contributed by atoms with van der Waals surface area (Å²) in [5.74, 6) is 0.201. The van der Waals surface area contributed by atoms with Crippen molar-refractivity contribution in [2.75, 3.05) is 18.8 Å². The molecule has 0 amide bonds. The van der Waals surface area contributed by atoms with Crippen molar-refractivity contribution in [3.05, 3.63) is 59.1 Å². The second-order valence-electron chi connectivity index (χ2n) is 5.88. The first-order valence-corrected chi connectivity index (χ1v) is 10.9. The van der Waals surface area contributed by atoms with Gasteiger partial charge in [0.15, 0.2) is 15.8 Å². The molecule has 0 spiro atoms. The maximum atomic E-state index is 12.6. The summed E-state index contributed by atoms with van der Waals surface area (Å²) >= 11 is 5.93. The molecule has 0 aromatic heterocycles. The summed E-state index contributed by atoms with van der Waals surface area (Å²) in [6.45, 7) is -0.438. The van der Waals surface area contributed by atoms with Crippen LogP contribution in [0.2, 0.25) is 5.02 Å². The summed E-state index contributed by atoms with van der Waals surface area (Å²) in [6, 6.07) is 12.4. The minimum absolute atomic E-state index is 0. The lowest BCUT2D eigenvalue weighted by molar-refractivity contribution is -0.0504. The Labute approximate surface area is 197 Å². The van der Waals surface area contributed by atoms with Crippen molar-refractivity contribution in [3.63, 3.8) is 0 Å². The van der Waals surface area contributed by atoms with Crippen LogP contribution in [-0.2, 0) is 16.4 Å². The van der Waals surface area contributed by atoms with Crippen LogP contribution in [0.5, 0.6) is 5.75 Å². The van der Waals surface area contributed by atoms with Gasteiger partial charge in [-0.15, -0.1) is 24.0 Å². The molecule has 166 valence electrons. The van der Waals surface area contributed by atoms with Crippen molar-refractivity contribution in [3.8, 4) is 5.75 Å². The fourth-order valence-electron chi connectivity index (χ4n) is 2.44. The van der Waals surface area contributed by atoms with E-state index >= 15 is 0 Å². The van der Waals surface area contributed by atoms with Gasteiger partial charge in [0.1, 0.15) is 5.75 Å². The average Bonchev–Trinajstić information content (AvgIpc) is 2.68. The van der Waals surface area contributed by atoms with Crippen LogP contribution in [0, 0.1) is 0 Å². The Kier molecular flexibility index (Phi) is 11.3. The first kappa shape index (κ1) is 26.4. The summed E-state index contributed by atoms with van der Waals surface area (Å²) in [5.41, 5.74) is 0.381. The number of hydrogen-bond acceptors (Lipinski definition) is 4. The van der Waals surface area contributed by atoms with Gasteiger partial charge in [-0.2, -0.15) is 8.78 Å². The summed E-state index contributed by atoms with van der Waals surface area (Å²) < 4.78 is 54.3. The van der Waals surface area contributed by atoms with Crippen LogP contribution in [0.25, 0.3) is 0 Å². The van der Waals surface area contributed by atoms with Crippen molar-refractivity contribution in [2.24, 2.45) is 4.99 Å². The summed E-state index contributed by atoms with van der Waals surface area (Å²) in [7, 11) is -3.43. The zero-order valence-electron chi connectivity index (χ0n) is 16.1. The molecule has 0 fully saturated rings. The van der Waals surface area contributed by atoms with Gasteiger partial charge < -0.3 is 15.4 Å². The number of nitrogens with one attached hydrogen (secondary N) is 2. The quantitative estimate of drug-likeness (QED) is 0.268. The van der Waals surface area contributed by atoms with E-state index < -0.39 is 16.4 Å². The highest BCUT2D eigenvalue weighted by Gasteiger charge is 2.14. The minimum Gasteiger partial charge on any atom is -0.434 e. The van der Waals surface area contributed by atoms with Crippen LogP contribution >= 0.6 is 35.6 Å². The molecule has 2 aromatic carbocycles. The Morgan fingerprint density at radius 1 is 1.17 bits per heavy atom. The summed E-state index contributed by atoms with van der Waals surface area (Å²) in [5, 5.41) is 6.27. The van der Waals surface area contributed by atoms with Crippen molar-refractivity contribution in [2.45, 2.75) is 25.0 Å². The Bertz CT molecular complexity index is 932. The third-order valence-corrected chi connectivity index (χ3v) is 5.72. The maximum absolute atomic E-state index is 12.6. The molecule has 0 saturated heterocycles. The van der Waals surface area contributed by atoms with Crippen LogP contribution in [0.1, 0.15) is 12.5 Å². The highest BCUT2D eigenvalue weighted by molar-refractivity contribution is 14.0. The van der Waals surface area contributed by atoms with E-state index in [0.717, 1.165) is 0 Å². The van der Waals surface area contributed by atoms with E-state index in [0.29, 0.717) is 23.1 Å². The zero-order valence-corrected chi connectivity index (χ0v) is 20.0. The number of nitrogens with zero attached hydrogens (tertiary/aromatic N) is 1. The molecule has 0 bridgehead atoms. The number of aliphatic imine (C=N–C) groups is 1. The van der Waals surface area contributed by atoms with Crippen LogP contribution < -0.4 is 15.4 Å². The van der Waals surface area contributed by atoms with E-state index in [4.69, 9.17) is 11.6 Å². The van der Waals surface area contributed by atoms with E-state index in [1.54, 1.807) is 18.2 Å². The summed E-state index contributed by atoms with van der Waals surface area (Å²) in [6.07, 6.45) is 0. The smallest absolute Gasteiger partial charge is 0.387 e. The molecule has 0 atom stereocenters. The molecule has 0 heterocycles. The van der Waals surface area contributed by atoms with E-state index in [2.05, 4.69) is 20.4 Å². The van der Waals surface area contributed by atoms with Gasteiger partial charge >= 0.3 is 6.61 Å². The van der Waals surface area contributed by atoms with Crippen molar-refractivity contribution >= 4 is 51.4 Å². The SMILES string of the molecule is CCNC(=NCc1cc(Cl)ccc1OC(F)F)NCCS(=O)(=O)c1ccccc1.I. The molecule has 2 N–H and O–H groups in total. The normalized spacial score (nSPS) is 11.7. The highest BCUT2D eigenvalue weighted by atomic mass is 127. The van der Waals surface area contributed by atoms with Gasteiger partial charge in [0, 0.05) is 23.7 Å². The Morgan fingerprint density at radius 3 is 2.50 bits per heavy atom. The molecule has 2 rings (SSSR count). The van der Waals surface area contributed by atoms with E-state index in [1.807, 2.05) is 6.92 Å². The van der Waals surface area contributed by atoms with E-state index in [-0.39, 0.29) is 53.5 Å². The van der Waals surface area contributed by atoms with Gasteiger partial charge in [-0.1, -0.05) is 29.8 Å². The van der Waals surface area contributed by atoms with E-state index in [1.165, 1.54) is 30.3 Å². The fraction of sp³-hybridized carbons (Fsp3) is 0.316. The van der Waals surface area contributed by atoms with Gasteiger partial charge in [0.25, 0.3) is 0 Å². The van der Waals surface area contributed by atoms with Gasteiger partial charge in [0.2, 0.25) is 0 Å². The molecule has 0 aliphatic heterocycles. The van der Waals surface area contributed by atoms with Crippen molar-refractivity contribution in [1.29, 1.82) is 0 Å². The molecule has 0 radical (unpaired) electrons. The van der Waals surface area contributed by atoms with Crippen LogP contribution in [0.15, 0.2) is 58.4 Å². The largest absolute Gasteiger partial charge is 0.434 e. The molecule has 30 heavy (non-hydrogen) atoms. The third-order valence-electron chi connectivity index (χ3n) is 3.76. The van der Waals surface area contributed by atoms with E-state index in [9.17, 15) is 17.2 Å². The Balaban J connectivity index is 0.00000450. The molecular weight excluding hydrogens is 551 g/mol. The number of halogens is 4.